The Labute approximate surface area is 101 Å². The van der Waals surface area contributed by atoms with Crippen molar-refractivity contribution in [3.63, 3.8) is 0 Å². The van der Waals surface area contributed by atoms with Gasteiger partial charge in [0.2, 0.25) is 0 Å². The summed E-state index contributed by atoms with van der Waals surface area (Å²) < 4.78 is 0. The number of nitrogens with zero attached hydrogens (tertiary/aromatic N) is 1. The van der Waals surface area contributed by atoms with Gasteiger partial charge in [0.15, 0.2) is 0 Å². The zero-order valence-corrected chi connectivity index (χ0v) is 11.3. The Morgan fingerprint density at radius 3 is 2.62 bits per heavy atom. The third-order valence-corrected chi connectivity index (χ3v) is 4.39. The van der Waals surface area contributed by atoms with Gasteiger partial charge in [0.05, 0.1) is 0 Å². The van der Waals surface area contributed by atoms with E-state index in [0.717, 1.165) is 12.0 Å². The molecule has 2 heteroatoms. The van der Waals surface area contributed by atoms with Crippen LogP contribution in [0.15, 0.2) is 0 Å². The van der Waals surface area contributed by atoms with E-state index in [1.54, 1.807) is 0 Å². The molecule has 2 rings (SSSR count). The van der Waals surface area contributed by atoms with Gasteiger partial charge in [0.25, 0.3) is 0 Å². The Kier molecular flexibility index (Phi) is 3.91. The Hall–Kier alpha value is -0.0800. The molecule has 16 heavy (non-hydrogen) atoms. The van der Waals surface area contributed by atoms with Crippen LogP contribution < -0.4 is 5.32 Å². The molecule has 1 aliphatic carbocycles. The predicted molar refractivity (Wildman–Crippen MR) is 69.6 cm³/mol. The maximum atomic E-state index is 3.58. The van der Waals surface area contributed by atoms with E-state index >= 15 is 0 Å². The lowest BCUT2D eigenvalue weighted by Crippen LogP contribution is -2.50. The van der Waals surface area contributed by atoms with Crippen LogP contribution in [0.5, 0.6) is 0 Å². The Morgan fingerprint density at radius 1 is 1.31 bits per heavy atom. The number of nitrogens with one attached hydrogen (secondary N) is 1. The van der Waals surface area contributed by atoms with Crippen LogP contribution in [0.4, 0.5) is 0 Å². The quantitative estimate of drug-likeness (QED) is 0.722. The summed E-state index contributed by atoms with van der Waals surface area (Å²) in [4.78, 5) is 2.75. The molecule has 1 saturated carbocycles. The van der Waals surface area contributed by atoms with Crippen LogP contribution in [-0.4, -0.2) is 37.1 Å². The fourth-order valence-electron chi connectivity index (χ4n) is 3.17. The monoisotopic (exact) mass is 224 g/mol. The summed E-state index contributed by atoms with van der Waals surface area (Å²) in [6, 6.07) is 0.895. The van der Waals surface area contributed by atoms with Crippen LogP contribution in [0, 0.1) is 11.3 Å². The van der Waals surface area contributed by atoms with Crippen molar-refractivity contribution in [1.29, 1.82) is 0 Å². The molecule has 2 fully saturated rings. The van der Waals surface area contributed by atoms with Gasteiger partial charge in [-0.1, -0.05) is 20.8 Å². The first kappa shape index (κ1) is 12.4. The van der Waals surface area contributed by atoms with Gasteiger partial charge < -0.3 is 5.32 Å². The molecule has 1 heterocycles. The van der Waals surface area contributed by atoms with Gasteiger partial charge >= 0.3 is 0 Å². The Bertz CT molecular complexity index is 225. The van der Waals surface area contributed by atoms with Crippen molar-refractivity contribution < 1.29 is 0 Å². The fraction of sp³-hybridized carbons (Fsp3) is 1.00. The lowest BCUT2D eigenvalue weighted by Gasteiger charge is -2.43. The third kappa shape index (κ3) is 2.78. The summed E-state index contributed by atoms with van der Waals surface area (Å²) >= 11 is 0. The van der Waals surface area contributed by atoms with E-state index in [9.17, 15) is 0 Å². The normalized spacial score (nSPS) is 33.9. The van der Waals surface area contributed by atoms with E-state index in [-0.39, 0.29) is 0 Å². The lowest BCUT2D eigenvalue weighted by molar-refractivity contribution is 0.0743. The second kappa shape index (κ2) is 5.05. The van der Waals surface area contributed by atoms with Crippen molar-refractivity contribution >= 4 is 0 Å². The molecule has 1 N–H and O–H groups in total. The average Bonchev–Trinajstić information content (AvgIpc) is 2.51. The number of rotatable bonds is 5. The van der Waals surface area contributed by atoms with Crippen LogP contribution in [0.25, 0.3) is 0 Å². The highest BCUT2D eigenvalue weighted by molar-refractivity contribution is 4.95. The summed E-state index contributed by atoms with van der Waals surface area (Å²) in [7, 11) is 0. The van der Waals surface area contributed by atoms with Gasteiger partial charge in [-0.05, 0) is 56.7 Å². The average molecular weight is 224 g/mol. The molecule has 2 aliphatic rings. The first-order valence-electron chi connectivity index (χ1n) is 7.07. The van der Waals surface area contributed by atoms with E-state index in [1.165, 1.54) is 51.9 Å². The predicted octanol–water partition coefficient (Wildman–Crippen LogP) is 2.50. The first-order valence-corrected chi connectivity index (χ1v) is 7.07. The van der Waals surface area contributed by atoms with Crippen molar-refractivity contribution in [2.24, 2.45) is 11.3 Å². The molecule has 0 aromatic heterocycles. The van der Waals surface area contributed by atoms with Crippen molar-refractivity contribution in [1.82, 2.24) is 10.2 Å². The lowest BCUT2D eigenvalue weighted by atomic mass is 9.78. The SMILES string of the molecule is CCCNCC1CCC1N1CCC(C)(C)C1. The molecule has 2 nitrogen and oxygen atoms in total. The second-order valence-corrected chi connectivity index (χ2v) is 6.49. The van der Waals surface area contributed by atoms with E-state index in [1.807, 2.05) is 0 Å². The van der Waals surface area contributed by atoms with Crippen molar-refractivity contribution in [3.05, 3.63) is 0 Å². The Morgan fingerprint density at radius 2 is 2.12 bits per heavy atom. The van der Waals surface area contributed by atoms with Gasteiger partial charge in [-0.3, -0.25) is 4.90 Å². The van der Waals surface area contributed by atoms with Crippen molar-refractivity contribution in [3.8, 4) is 0 Å². The summed E-state index contributed by atoms with van der Waals surface area (Å²) in [5.74, 6) is 0.931. The van der Waals surface area contributed by atoms with E-state index < -0.39 is 0 Å². The summed E-state index contributed by atoms with van der Waals surface area (Å²) in [6.45, 7) is 12.2. The highest BCUT2D eigenvalue weighted by atomic mass is 15.2. The topological polar surface area (TPSA) is 15.3 Å². The molecule has 0 bridgehead atoms. The molecule has 1 aliphatic heterocycles. The number of likely N-dealkylation sites (tertiary alicyclic amines) is 1. The maximum absolute atomic E-state index is 3.58. The van der Waals surface area contributed by atoms with E-state index in [2.05, 4.69) is 31.0 Å². The minimum Gasteiger partial charge on any atom is -0.316 e. The zero-order chi connectivity index (χ0) is 11.6. The minimum atomic E-state index is 0.566. The molecule has 0 aromatic rings. The summed E-state index contributed by atoms with van der Waals surface area (Å²) in [5, 5.41) is 3.58. The maximum Gasteiger partial charge on any atom is 0.0136 e. The highest BCUT2D eigenvalue weighted by Crippen LogP contribution is 2.38. The molecule has 0 radical (unpaired) electrons. The second-order valence-electron chi connectivity index (χ2n) is 6.49. The smallest absolute Gasteiger partial charge is 0.0136 e. The third-order valence-electron chi connectivity index (χ3n) is 4.39. The largest absolute Gasteiger partial charge is 0.316 e. The van der Waals surface area contributed by atoms with Crippen molar-refractivity contribution in [2.45, 2.75) is 52.5 Å². The standard InChI is InChI=1S/C14H28N2/c1-4-8-15-10-12-5-6-13(12)16-9-7-14(2,3)11-16/h12-13,15H,4-11H2,1-3H3. The van der Waals surface area contributed by atoms with Gasteiger partial charge in [0.1, 0.15) is 0 Å². The van der Waals surface area contributed by atoms with Crippen LogP contribution in [0.3, 0.4) is 0 Å². The van der Waals surface area contributed by atoms with Crippen LogP contribution in [0.1, 0.15) is 46.5 Å². The van der Waals surface area contributed by atoms with Gasteiger partial charge in [0, 0.05) is 12.6 Å². The van der Waals surface area contributed by atoms with Crippen LogP contribution in [-0.2, 0) is 0 Å². The number of hydrogen-bond donors (Lipinski definition) is 1. The van der Waals surface area contributed by atoms with E-state index in [4.69, 9.17) is 0 Å². The summed E-state index contributed by atoms with van der Waals surface area (Å²) in [6.07, 6.45) is 5.53. The molecule has 0 amide bonds. The van der Waals surface area contributed by atoms with E-state index in [0.29, 0.717) is 5.41 Å². The molecular weight excluding hydrogens is 196 g/mol. The molecule has 2 unspecified atom stereocenters. The number of hydrogen-bond acceptors (Lipinski definition) is 2. The van der Waals surface area contributed by atoms with Crippen LogP contribution in [0.2, 0.25) is 0 Å². The molecule has 0 aromatic carbocycles. The fourth-order valence-corrected chi connectivity index (χ4v) is 3.17. The highest BCUT2D eigenvalue weighted by Gasteiger charge is 2.40. The van der Waals surface area contributed by atoms with Gasteiger partial charge in [-0.2, -0.15) is 0 Å². The zero-order valence-electron chi connectivity index (χ0n) is 11.3. The van der Waals surface area contributed by atoms with Gasteiger partial charge in [-0.15, -0.1) is 0 Å². The van der Waals surface area contributed by atoms with Crippen LogP contribution >= 0.6 is 0 Å². The van der Waals surface area contributed by atoms with Gasteiger partial charge in [-0.25, -0.2) is 0 Å². The molecule has 2 atom stereocenters. The molecule has 1 saturated heterocycles. The molecular formula is C14H28N2. The molecule has 94 valence electrons. The minimum absolute atomic E-state index is 0.566. The Balaban J connectivity index is 1.74. The van der Waals surface area contributed by atoms with Crippen molar-refractivity contribution in [2.75, 3.05) is 26.2 Å². The first-order chi connectivity index (χ1) is 7.62. The molecule has 0 spiro atoms. The summed E-state index contributed by atoms with van der Waals surface area (Å²) in [5.41, 5.74) is 0.566.